The Morgan fingerprint density at radius 3 is 2.64 bits per heavy atom. The molecule has 2 rings (SSSR count). The molecule has 116 valence electrons. The number of nitrogens with two attached hydrogens (primary N) is 1. The number of hydrogen-bond donors (Lipinski definition) is 2. The van der Waals surface area contributed by atoms with E-state index < -0.39 is 18.5 Å². The molecular formula is C14H13F3N4O. The third-order valence-corrected chi connectivity index (χ3v) is 2.82. The van der Waals surface area contributed by atoms with Gasteiger partial charge in [-0.3, -0.25) is 4.79 Å². The van der Waals surface area contributed by atoms with Crippen LogP contribution in [0.1, 0.15) is 22.5 Å². The highest BCUT2D eigenvalue weighted by Crippen LogP contribution is 2.23. The van der Waals surface area contributed by atoms with Crippen molar-refractivity contribution in [3.63, 3.8) is 0 Å². The summed E-state index contributed by atoms with van der Waals surface area (Å²) in [6.45, 7) is 0. The fourth-order valence-corrected chi connectivity index (χ4v) is 1.80. The predicted octanol–water partition coefficient (Wildman–Crippen LogP) is 2.81. The second-order valence-electron chi connectivity index (χ2n) is 4.56. The molecule has 0 saturated carbocycles. The molecular weight excluding hydrogens is 297 g/mol. The maximum absolute atomic E-state index is 12.2. The topological polar surface area (TPSA) is 80.9 Å². The van der Waals surface area contributed by atoms with Gasteiger partial charge in [0.15, 0.2) is 11.5 Å². The molecule has 0 spiro atoms. The summed E-state index contributed by atoms with van der Waals surface area (Å²) in [5, 5.41) is 2.53. The average molecular weight is 310 g/mol. The fourth-order valence-electron chi connectivity index (χ4n) is 1.80. The third-order valence-electron chi connectivity index (χ3n) is 2.82. The summed E-state index contributed by atoms with van der Waals surface area (Å²) >= 11 is 0. The molecule has 0 aliphatic rings. The van der Waals surface area contributed by atoms with E-state index >= 15 is 0 Å². The molecule has 3 N–H and O–H groups in total. The van der Waals surface area contributed by atoms with Crippen molar-refractivity contribution in [2.45, 2.75) is 19.0 Å². The second kappa shape index (κ2) is 6.42. The third kappa shape index (κ3) is 4.44. The Hall–Kier alpha value is -2.64. The van der Waals surface area contributed by atoms with E-state index in [9.17, 15) is 18.0 Å². The number of carbonyl (C=O) groups is 1. The van der Waals surface area contributed by atoms with Crippen LogP contribution in [0.3, 0.4) is 0 Å². The number of aryl methyl sites for hydroxylation is 1. The van der Waals surface area contributed by atoms with Gasteiger partial charge in [-0.2, -0.15) is 13.2 Å². The maximum Gasteiger partial charge on any atom is 0.389 e. The van der Waals surface area contributed by atoms with Gasteiger partial charge in [0.2, 0.25) is 0 Å². The highest BCUT2D eigenvalue weighted by Gasteiger charge is 2.26. The molecule has 0 unspecified atom stereocenters. The molecule has 1 aromatic carbocycles. The number of aromatic nitrogens is 2. The lowest BCUT2D eigenvalue weighted by Crippen LogP contribution is -2.16. The molecule has 0 aliphatic heterocycles. The van der Waals surface area contributed by atoms with Crippen LogP contribution in [-0.2, 0) is 6.42 Å². The fraction of sp³-hybridized carbons (Fsp3) is 0.214. The Balaban J connectivity index is 2.07. The number of alkyl halides is 3. The van der Waals surface area contributed by atoms with E-state index in [0.29, 0.717) is 11.3 Å². The lowest BCUT2D eigenvalue weighted by atomic mass is 10.1. The number of halogens is 3. The van der Waals surface area contributed by atoms with Crippen LogP contribution in [-0.4, -0.2) is 22.1 Å². The Morgan fingerprint density at radius 1 is 1.23 bits per heavy atom. The minimum atomic E-state index is -4.21. The van der Waals surface area contributed by atoms with Crippen molar-refractivity contribution in [3.05, 3.63) is 47.9 Å². The molecule has 1 heterocycles. The lowest BCUT2D eigenvalue weighted by molar-refractivity contribution is -0.133. The molecule has 0 atom stereocenters. The van der Waals surface area contributed by atoms with Gasteiger partial charge in [0, 0.05) is 24.5 Å². The second-order valence-corrected chi connectivity index (χ2v) is 4.56. The smallest absolute Gasteiger partial charge is 0.382 e. The standard InChI is InChI=1S/C14H13F3N4O/c15-14(16,17)5-4-9-2-1-3-10(8-9)21-13(22)11-12(18)20-7-6-19-11/h1-3,6-8H,4-5H2,(H2,18,20)(H,21,22). The molecule has 2 aromatic rings. The van der Waals surface area contributed by atoms with Gasteiger partial charge in [-0.1, -0.05) is 12.1 Å². The summed E-state index contributed by atoms with van der Waals surface area (Å²) in [5.41, 5.74) is 6.35. The quantitative estimate of drug-likeness (QED) is 0.910. The minimum Gasteiger partial charge on any atom is -0.382 e. The molecule has 5 nitrogen and oxygen atoms in total. The van der Waals surface area contributed by atoms with E-state index in [1.807, 2.05) is 0 Å². The molecule has 8 heteroatoms. The zero-order valence-corrected chi connectivity index (χ0v) is 11.4. The molecule has 0 radical (unpaired) electrons. The molecule has 0 saturated heterocycles. The van der Waals surface area contributed by atoms with Crippen molar-refractivity contribution in [1.82, 2.24) is 9.97 Å². The van der Waals surface area contributed by atoms with Gasteiger partial charge in [0.1, 0.15) is 0 Å². The summed E-state index contributed by atoms with van der Waals surface area (Å²) in [5.74, 6) is -0.591. The first-order valence-electron chi connectivity index (χ1n) is 6.39. The van der Waals surface area contributed by atoms with Crippen LogP contribution in [0.25, 0.3) is 0 Å². The van der Waals surface area contributed by atoms with Crippen molar-refractivity contribution in [2.24, 2.45) is 0 Å². The van der Waals surface area contributed by atoms with E-state index in [1.54, 1.807) is 18.2 Å². The van der Waals surface area contributed by atoms with Crippen LogP contribution in [0.5, 0.6) is 0 Å². The molecule has 0 bridgehead atoms. The van der Waals surface area contributed by atoms with Crippen LogP contribution in [0.4, 0.5) is 24.7 Å². The largest absolute Gasteiger partial charge is 0.389 e. The predicted molar refractivity (Wildman–Crippen MR) is 75.2 cm³/mol. The Labute approximate surface area is 124 Å². The zero-order chi connectivity index (χ0) is 16.2. The van der Waals surface area contributed by atoms with Gasteiger partial charge in [-0.15, -0.1) is 0 Å². The zero-order valence-electron chi connectivity index (χ0n) is 11.4. The summed E-state index contributed by atoms with van der Waals surface area (Å²) < 4.78 is 36.7. The van der Waals surface area contributed by atoms with Crippen LogP contribution in [0, 0.1) is 0 Å². The summed E-state index contributed by atoms with van der Waals surface area (Å²) in [7, 11) is 0. The van der Waals surface area contributed by atoms with Crippen molar-refractivity contribution in [3.8, 4) is 0 Å². The van der Waals surface area contributed by atoms with E-state index in [0.717, 1.165) is 0 Å². The normalized spacial score (nSPS) is 11.2. The number of hydrogen-bond acceptors (Lipinski definition) is 4. The van der Waals surface area contributed by atoms with Gasteiger partial charge < -0.3 is 11.1 Å². The SMILES string of the molecule is Nc1nccnc1C(=O)Nc1cccc(CCC(F)(F)F)c1. The van der Waals surface area contributed by atoms with E-state index in [1.165, 1.54) is 18.5 Å². The Morgan fingerprint density at radius 2 is 1.95 bits per heavy atom. The van der Waals surface area contributed by atoms with Crippen molar-refractivity contribution in [2.75, 3.05) is 11.1 Å². The number of carbonyl (C=O) groups excluding carboxylic acids is 1. The lowest BCUT2D eigenvalue weighted by Gasteiger charge is -2.09. The number of rotatable bonds is 4. The van der Waals surface area contributed by atoms with Crippen LogP contribution < -0.4 is 11.1 Å². The summed E-state index contributed by atoms with van der Waals surface area (Å²) in [4.78, 5) is 19.6. The number of nitrogens with zero attached hydrogens (tertiary/aromatic N) is 2. The van der Waals surface area contributed by atoms with Crippen LogP contribution in [0.15, 0.2) is 36.7 Å². The summed E-state index contributed by atoms with van der Waals surface area (Å²) in [6, 6.07) is 6.19. The van der Waals surface area contributed by atoms with Crippen LogP contribution in [0.2, 0.25) is 0 Å². The van der Waals surface area contributed by atoms with Crippen LogP contribution >= 0.6 is 0 Å². The minimum absolute atomic E-state index is 0.0202. The van der Waals surface area contributed by atoms with Gasteiger partial charge in [0.25, 0.3) is 5.91 Å². The highest BCUT2D eigenvalue weighted by molar-refractivity contribution is 6.05. The number of nitrogens with one attached hydrogen (secondary N) is 1. The molecule has 1 amide bonds. The average Bonchev–Trinajstić information content (AvgIpc) is 2.45. The number of benzene rings is 1. The molecule has 1 aromatic heterocycles. The van der Waals surface area contributed by atoms with Crippen molar-refractivity contribution in [1.29, 1.82) is 0 Å². The first-order chi connectivity index (χ1) is 10.3. The maximum atomic E-state index is 12.2. The Bertz CT molecular complexity index is 673. The van der Waals surface area contributed by atoms with Gasteiger partial charge in [-0.25, -0.2) is 9.97 Å². The molecule has 22 heavy (non-hydrogen) atoms. The first kappa shape index (κ1) is 15.7. The van der Waals surface area contributed by atoms with E-state index in [2.05, 4.69) is 15.3 Å². The van der Waals surface area contributed by atoms with Gasteiger partial charge in [0.05, 0.1) is 0 Å². The number of anilines is 2. The highest BCUT2D eigenvalue weighted by atomic mass is 19.4. The molecule has 0 fully saturated rings. The monoisotopic (exact) mass is 310 g/mol. The van der Waals surface area contributed by atoms with Gasteiger partial charge in [-0.05, 0) is 24.1 Å². The summed E-state index contributed by atoms with van der Waals surface area (Å²) in [6.07, 6.45) is -2.61. The first-order valence-corrected chi connectivity index (χ1v) is 6.39. The van der Waals surface area contributed by atoms with Crippen molar-refractivity contribution < 1.29 is 18.0 Å². The van der Waals surface area contributed by atoms with E-state index in [4.69, 9.17) is 5.73 Å². The van der Waals surface area contributed by atoms with Gasteiger partial charge >= 0.3 is 6.18 Å². The number of amides is 1. The number of nitrogen functional groups attached to an aromatic ring is 1. The molecule has 0 aliphatic carbocycles. The van der Waals surface area contributed by atoms with E-state index in [-0.39, 0.29) is 17.9 Å². The van der Waals surface area contributed by atoms with Crippen molar-refractivity contribution >= 4 is 17.4 Å². The Kier molecular flexibility index (Phi) is 4.59.